The Balaban J connectivity index is 0.000000178. The molecule has 8 aliphatic rings. The summed E-state index contributed by atoms with van der Waals surface area (Å²) in [6.45, 7) is 19.9. The largest absolute Gasteiger partial charge is 1.00 e. The van der Waals surface area contributed by atoms with Crippen LogP contribution in [0.15, 0.2) is 91.0 Å². The molecule has 1 amide bonds. The SMILES string of the molecule is CC(C)(C)OC(=O)Nc1cc(N2CCC(N3CCCC3)CC2)cc(C(F)(F)F)c1.N#Cc1cc(F)cc(C(F)(F)F)c1.N#Cc1cc(N2CCC(N3CCCC3)CC2)cc(C(F)(F)F)c1.Nc1cc(N2CCC(N3CCCC3)CC2)cc(C(F)(F)F)c1.O=C([O-])c1cc(N2CCC(N3CCCC3)CC2)cc(C(F)(F)F)c1.[Na+]. The standard InChI is InChI=1S/C21H30F3N3O2.C17H20F3N3.C17H21F3N2O2.C16H22F3N3.C8H3F4N.Na/c1-20(2,3)29-19(28)25-16-12-15(21(22,23)24)13-18(14-16)27-10-6-17(7-11-27)26-8-4-5-9-26;18-17(19,20)14-9-13(12-21)10-16(11-14)23-7-3-15(4-8-23)22-5-1-2-6-22;18-17(19,20)13-9-12(16(23)24)10-15(11-13)22-7-3-14(4-8-22)21-5-1-2-6-21;17-16(18,19)12-9-13(20)11-15(10-12)22-7-3-14(4-8-22)21-5-1-2-6-21;9-7-2-5(4-13)1-6(3-7)8(10,11)12;/h12-14,17H,4-11H2,1-3H3,(H,25,28);9-11,15H,1-8H2;9-11,14H,1-8H2,(H,23,24);9-11,14H,1-8,20H2;1-3H;/q;;;;;+1/p-1. The summed E-state index contributed by atoms with van der Waals surface area (Å²) in [6.07, 6.45) is -5.70. The van der Waals surface area contributed by atoms with Crippen molar-refractivity contribution >= 4 is 46.2 Å². The molecule has 0 bridgehead atoms. The van der Waals surface area contributed by atoms with Gasteiger partial charge in [-0.25, -0.2) is 9.18 Å². The van der Waals surface area contributed by atoms with Gasteiger partial charge in [-0.15, -0.1) is 0 Å². The topological polar surface area (TPSA) is 178 Å². The molecule has 13 rings (SSSR count). The molecule has 5 aromatic carbocycles. The summed E-state index contributed by atoms with van der Waals surface area (Å²) in [6, 6.07) is 21.3. The fraction of sp³-hybridized carbons (Fsp3) is 0.570. The molecule has 8 heterocycles. The van der Waals surface area contributed by atoms with Crippen molar-refractivity contribution in [2.45, 2.75) is 184 Å². The maximum atomic E-state index is 13.4. The van der Waals surface area contributed by atoms with Gasteiger partial charge in [0.15, 0.2) is 0 Å². The molecule has 5 aromatic rings. The van der Waals surface area contributed by atoms with Crippen LogP contribution in [0, 0.1) is 28.5 Å². The number of nitrogens with zero attached hydrogens (tertiary/aromatic N) is 10. The third kappa shape index (κ3) is 26.6. The predicted octanol–water partition coefficient (Wildman–Crippen LogP) is 14.0. The molecular formula is C79H95F16N12NaO4. The minimum Gasteiger partial charge on any atom is -0.545 e. The minimum atomic E-state index is -4.62. The third-order valence-electron chi connectivity index (χ3n) is 21.3. The number of nitrogens with two attached hydrogens (primary N) is 1. The molecule has 33 heteroatoms. The van der Waals surface area contributed by atoms with Crippen molar-refractivity contribution in [3.05, 3.63) is 141 Å². The summed E-state index contributed by atoms with van der Waals surface area (Å²) < 4.78 is 211. The first-order chi connectivity index (χ1) is 52.2. The number of benzene rings is 5. The van der Waals surface area contributed by atoms with Crippen molar-refractivity contribution in [1.29, 1.82) is 10.5 Å². The van der Waals surface area contributed by atoms with Crippen molar-refractivity contribution < 1.29 is 119 Å². The number of piperidine rings is 4. The zero-order valence-electron chi connectivity index (χ0n) is 63.3. The predicted molar refractivity (Wildman–Crippen MR) is 389 cm³/mol. The second-order valence-electron chi connectivity index (χ2n) is 30.3. The average molecular weight is 1600 g/mol. The normalized spacial score (nSPS) is 19.2. The molecule has 112 heavy (non-hydrogen) atoms. The first kappa shape index (κ1) is 90.1. The van der Waals surface area contributed by atoms with Gasteiger partial charge in [0, 0.05) is 111 Å². The number of carboxylic acid groups (broad SMARTS) is 1. The number of anilines is 6. The monoisotopic (exact) mass is 1600 g/mol. The van der Waals surface area contributed by atoms with Gasteiger partial charge in [-0.3, -0.25) is 5.32 Å². The van der Waals surface area contributed by atoms with E-state index in [1.54, 1.807) is 39.0 Å². The number of hydrogen-bond acceptors (Lipinski definition) is 15. The summed E-state index contributed by atoms with van der Waals surface area (Å²) in [5, 5.41) is 30.7. The van der Waals surface area contributed by atoms with Crippen LogP contribution in [0.1, 0.15) is 173 Å². The third-order valence-corrected chi connectivity index (χ3v) is 21.3. The number of carbonyl (C=O) groups excluding carboxylic acids is 2. The summed E-state index contributed by atoms with van der Waals surface area (Å²) in [5.74, 6) is -2.65. The van der Waals surface area contributed by atoms with Gasteiger partial charge in [0.2, 0.25) is 0 Å². The second-order valence-corrected chi connectivity index (χ2v) is 30.3. The molecule has 0 spiro atoms. The molecule has 8 fully saturated rings. The Kier molecular flexibility index (Phi) is 31.6. The number of alkyl halides is 15. The number of carboxylic acids is 1. The summed E-state index contributed by atoms with van der Waals surface area (Å²) in [4.78, 5) is 40.9. The number of carbonyl (C=O) groups is 2. The number of likely N-dealkylation sites (tertiary alicyclic amines) is 4. The number of rotatable bonds is 10. The van der Waals surface area contributed by atoms with Crippen LogP contribution in [0.3, 0.4) is 0 Å². The van der Waals surface area contributed by atoms with Crippen molar-refractivity contribution in [2.24, 2.45) is 0 Å². The maximum absolute atomic E-state index is 13.4. The molecular weight excluding hydrogens is 1510 g/mol. The molecule has 0 radical (unpaired) electrons. The number of nitrogens with one attached hydrogen (secondary N) is 1. The minimum absolute atomic E-state index is 0. The number of aromatic carboxylic acids is 1. The van der Waals surface area contributed by atoms with Gasteiger partial charge in [-0.2, -0.15) is 76.4 Å². The van der Waals surface area contributed by atoms with E-state index in [2.05, 4.69) is 24.9 Å². The van der Waals surface area contributed by atoms with Crippen LogP contribution in [-0.4, -0.2) is 166 Å². The molecule has 3 N–H and O–H groups in total. The van der Waals surface area contributed by atoms with Gasteiger partial charge in [0.1, 0.15) is 11.4 Å². The van der Waals surface area contributed by atoms with Crippen LogP contribution in [0.4, 0.5) is 109 Å². The number of nitriles is 2. The zero-order chi connectivity index (χ0) is 80.8. The van der Waals surface area contributed by atoms with Crippen molar-refractivity contribution in [2.75, 3.05) is 135 Å². The van der Waals surface area contributed by atoms with Crippen LogP contribution in [0.5, 0.6) is 0 Å². The number of halogens is 16. The van der Waals surface area contributed by atoms with Crippen LogP contribution in [0.2, 0.25) is 0 Å². The van der Waals surface area contributed by atoms with Crippen molar-refractivity contribution in [3.8, 4) is 12.1 Å². The molecule has 0 atom stereocenters. The Bertz CT molecular complexity index is 3970. The molecule has 0 unspecified atom stereocenters. The summed E-state index contributed by atoms with van der Waals surface area (Å²) in [7, 11) is 0. The van der Waals surface area contributed by atoms with Crippen LogP contribution >= 0.6 is 0 Å². The maximum Gasteiger partial charge on any atom is 1.00 e. The van der Waals surface area contributed by atoms with E-state index in [-0.39, 0.29) is 52.1 Å². The van der Waals surface area contributed by atoms with E-state index < -0.39 is 87.7 Å². The van der Waals surface area contributed by atoms with E-state index in [1.165, 1.54) is 82.7 Å². The molecule has 8 saturated heterocycles. The van der Waals surface area contributed by atoms with Gasteiger partial charge in [0.05, 0.1) is 57.1 Å². The van der Waals surface area contributed by atoms with E-state index in [4.69, 9.17) is 21.0 Å². The van der Waals surface area contributed by atoms with Crippen molar-refractivity contribution in [3.63, 3.8) is 0 Å². The Morgan fingerprint density at radius 3 is 1.01 bits per heavy atom. The van der Waals surface area contributed by atoms with Gasteiger partial charge < -0.3 is 59.6 Å². The average Bonchev–Trinajstić information content (AvgIpc) is 1.02. The van der Waals surface area contributed by atoms with E-state index in [0.717, 1.165) is 159 Å². The van der Waals surface area contributed by atoms with Crippen LogP contribution in [-0.2, 0) is 35.6 Å². The van der Waals surface area contributed by atoms with Crippen LogP contribution < -0.4 is 65.3 Å². The fourth-order valence-electron chi connectivity index (χ4n) is 15.7. The number of amides is 1. The summed E-state index contributed by atoms with van der Waals surface area (Å²) in [5.41, 5.74) is 2.10. The van der Waals surface area contributed by atoms with E-state index in [1.807, 2.05) is 25.7 Å². The van der Waals surface area contributed by atoms with Gasteiger partial charge in [0.25, 0.3) is 0 Å². The number of hydrogen-bond donors (Lipinski definition) is 2. The Hall–Kier alpha value is -7.46. The van der Waals surface area contributed by atoms with Crippen LogP contribution in [0.25, 0.3) is 0 Å². The Labute approximate surface area is 665 Å². The Morgan fingerprint density at radius 1 is 0.402 bits per heavy atom. The molecule has 0 aromatic heterocycles. The molecule has 608 valence electrons. The fourth-order valence-corrected chi connectivity index (χ4v) is 15.7. The first-order valence-corrected chi connectivity index (χ1v) is 37.7. The smallest absolute Gasteiger partial charge is 0.545 e. The van der Waals surface area contributed by atoms with E-state index in [9.17, 15) is 84.9 Å². The van der Waals surface area contributed by atoms with Gasteiger partial charge in [-0.05, 0) is 272 Å². The number of nitrogen functional groups attached to an aromatic ring is 1. The zero-order valence-corrected chi connectivity index (χ0v) is 65.3. The quantitative estimate of drug-likeness (QED) is 0.0766. The molecule has 16 nitrogen and oxygen atoms in total. The van der Waals surface area contributed by atoms with Gasteiger partial charge in [-0.1, -0.05) is 0 Å². The summed E-state index contributed by atoms with van der Waals surface area (Å²) >= 11 is 0. The van der Waals surface area contributed by atoms with E-state index in [0.29, 0.717) is 91.3 Å². The molecule has 0 aliphatic carbocycles. The number of ether oxygens (including phenoxy) is 1. The Morgan fingerprint density at radius 2 is 0.688 bits per heavy atom. The molecule has 0 saturated carbocycles. The van der Waals surface area contributed by atoms with Crippen molar-refractivity contribution in [1.82, 2.24) is 19.6 Å². The first-order valence-electron chi connectivity index (χ1n) is 37.7. The van der Waals surface area contributed by atoms with E-state index >= 15 is 0 Å². The van der Waals surface area contributed by atoms with Gasteiger partial charge >= 0.3 is 66.5 Å². The molecule has 8 aliphatic heterocycles. The second kappa shape index (κ2) is 39.3.